The van der Waals surface area contributed by atoms with Gasteiger partial charge in [-0.1, -0.05) is 45.4 Å². The maximum atomic E-state index is 11.8. The molecule has 1 N–H and O–H groups in total. The van der Waals surface area contributed by atoms with Crippen LogP contribution in [0.3, 0.4) is 0 Å². The van der Waals surface area contributed by atoms with Crippen molar-refractivity contribution in [1.29, 1.82) is 0 Å². The number of carbonyl (C=O) groups is 1. The van der Waals surface area contributed by atoms with E-state index in [1.807, 2.05) is 0 Å². The molecule has 2 saturated carbocycles. The monoisotopic (exact) mass is 224 g/mol. The maximum Gasteiger partial charge on any atom is 0.310 e. The fraction of sp³-hybridized carbons (Fsp3) is 0.929. The molecule has 0 amide bonds. The highest BCUT2D eigenvalue weighted by Crippen LogP contribution is 2.56. The van der Waals surface area contributed by atoms with Gasteiger partial charge in [0, 0.05) is 0 Å². The summed E-state index contributed by atoms with van der Waals surface area (Å²) < 4.78 is 0. The third kappa shape index (κ3) is 1.76. The van der Waals surface area contributed by atoms with E-state index in [1.54, 1.807) is 0 Å². The first-order valence-corrected chi connectivity index (χ1v) is 6.84. The van der Waals surface area contributed by atoms with Gasteiger partial charge in [0.2, 0.25) is 0 Å². The fourth-order valence-corrected chi connectivity index (χ4v) is 4.04. The van der Waals surface area contributed by atoms with Crippen LogP contribution in [0.15, 0.2) is 0 Å². The molecule has 2 aliphatic rings. The normalized spacial score (nSPS) is 28.6. The van der Waals surface area contributed by atoms with E-state index >= 15 is 0 Å². The van der Waals surface area contributed by atoms with Gasteiger partial charge in [0.05, 0.1) is 5.41 Å². The van der Waals surface area contributed by atoms with Crippen LogP contribution in [-0.2, 0) is 4.79 Å². The third-order valence-electron chi connectivity index (χ3n) is 5.23. The second-order valence-corrected chi connectivity index (χ2v) is 6.07. The number of carboxylic acid groups (broad SMARTS) is 1. The molecule has 2 aliphatic carbocycles. The molecule has 0 bridgehead atoms. The first-order valence-electron chi connectivity index (χ1n) is 6.84. The highest BCUT2D eigenvalue weighted by molar-refractivity contribution is 5.76. The zero-order valence-electron chi connectivity index (χ0n) is 10.4. The van der Waals surface area contributed by atoms with Crippen LogP contribution in [0.25, 0.3) is 0 Å². The van der Waals surface area contributed by atoms with Crippen LogP contribution >= 0.6 is 0 Å². The average Bonchev–Trinajstić information content (AvgIpc) is 2.30. The molecule has 0 aromatic rings. The van der Waals surface area contributed by atoms with Crippen LogP contribution in [0.5, 0.6) is 0 Å². The van der Waals surface area contributed by atoms with Crippen molar-refractivity contribution < 1.29 is 9.90 Å². The molecule has 2 fully saturated rings. The van der Waals surface area contributed by atoms with Gasteiger partial charge in [-0.2, -0.15) is 0 Å². The van der Waals surface area contributed by atoms with E-state index in [0.717, 1.165) is 38.5 Å². The Morgan fingerprint density at radius 1 is 0.875 bits per heavy atom. The highest BCUT2D eigenvalue weighted by Gasteiger charge is 2.53. The third-order valence-corrected chi connectivity index (χ3v) is 5.23. The SMILES string of the molecule is CC1(C2(C(=O)O)CCCCC2)CCCCC1. The first kappa shape index (κ1) is 11.9. The van der Waals surface area contributed by atoms with Crippen LogP contribution < -0.4 is 0 Å². The molecule has 0 unspecified atom stereocenters. The number of rotatable bonds is 2. The van der Waals surface area contributed by atoms with Crippen molar-refractivity contribution in [1.82, 2.24) is 0 Å². The van der Waals surface area contributed by atoms with E-state index in [0.29, 0.717) is 0 Å². The summed E-state index contributed by atoms with van der Waals surface area (Å²) in [5.74, 6) is -0.517. The van der Waals surface area contributed by atoms with Crippen LogP contribution in [-0.4, -0.2) is 11.1 Å². The topological polar surface area (TPSA) is 37.3 Å². The number of hydrogen-bond donors (Lipinski definition) is 1. The Kier molecular flexibility index (Phi) is 3.27. The lowest BCUT2D eigenvalue weighted by Crippen LogP contribution is -2.48. The summed E-state index contributed by atoms with van der Waals surface area (Å²) in [6.45, 7) is 2.24. The Morgan fingerprint density at radius 2 is 1.31 bits per heavy atom. The zero-order valence-corrected chi connectivity index (χ0v) is 10.4. The molecule has 0 aromatic carbocycles. The Bertz CT molecular complexity index is 258. The van der Waals surface area contributed by atoms with Gasteiger partial charge < -0.3 is 5.11 Å². The summed E-state index contributed by atoms with van der Waals surface area (Å²) in [6.07, 6.45) is 11.3. The summed E-state index contributed by atoms with van der Waals surface area (Å²) in [5, 5.41) is 9.71. The maximum absolute atomic E-state index is 11.8. The van der Waals surface area contributed by atoms with Gasteiger partial charge in [-0.25, -0.2) is 0 Å². The Morgan fingerprint density at radius 3 is 1.75 bits per heavy atom. The smallest absolute Gasteiger partial charge is 0.310 e. The average molecular weight is 224 g/mol. The van der Waals surface area contributed by atoms with Crippen molar-refractivity contribution >= 4 is 5.97 Å². The molecule has 0 saturated heterocycles. The molecule has 0 aromatic heterocycles. The molecule has 0 spiro atoms. The van der Waals surface area contributed by atoms with E-state index in [2.05, 4.69) is 6.92 Å². The second-order valence-electron chi connectivity index (χ2n) is 6.07. The van der Waals surface area contributed by atoms with Crippen molar-refractivity contribution in [2.75, 3.05) is 0 Å². The minimum atomic E-state index is -0.517. The molecular weight excluding hydrogens is 200 g/mol. The highest BCUT2D eigenvalue weighted by atomic mass is 16.4. The van der Waals surface area contributed by atoms with E-state index in [1.165, 1.54) is 25.7 Å². The van der Waals surface area contributed by atoms with Gasteiger partial charge in [0.1, 0.15) is 0 Å². The minimum Gasteiger partial charge on any atom is -0.481 e. The summed E-state index contributed by atoms with van der Waals surface area (Å²) in [7, 11) is 0. The summed E-state index contributed by atoms with van der Waals surface area (Å²) in [5.41, 5.74) is -0.330. The lowest BCUT2D eigenvalue weighted by atomic mass is 9.53. The van der Waals surface area contributed by atoms with Gasteiger partial charge in [-0.3, -0.25) is 4.79 Å². The summed E-state index contributed by atoms with van der Waals surface area (Å²) >= 11 is 0. The Labute approximate surface area is 98.4 Å². The van der Waals surface area contributed by atoms with Gasteiger partial charge in [-0.05, 0) is 31.1 Å². The van der Waals surface area contributed by atoms with E-state index < -0.39 is 11.4 Å². The molecule has 16 heavy (non-hydrogen) atoms. The van der Waals surface area contributed by atoms with Crippen LogP contribution in [0, 0.1) is 10.8 Å². The lowest BCUT2D eigenvalue weighted by Gasteiger charge is -2.50. The fourth-order valence-electron chi connectivity index (χ4n) is 4.04. The van der Waals surface area contributed by atoms with Crippen molar-refractivity contribution in [2.45, 2.75) is 71.1 Å². The number of carboxylic acids is 1. The minimum absolute atomic E-state index is 0.0670. The second kappa shape index (κ2) is 4.38. The largest absolute Gasteiger partial charge is 0.481 e. The van der Waals surface area contributed by atoms with Gasteiger partial charge in [0.25, 0.3) is 0 Å². The van der Waals surface area contributed by atoms with Crippen molar-refractivity contribution in [2.24, 2.45) is 10.8 Å². The lowest BCUT2D eigenvalue weighted by molar-refractivity contribution is -0.164. The molecule has 2 nitrogen and oxygen atoms in total. The Hall–Kier alpha value is -0.530. The standard InChI is InChI=1S/C14H24O2/c1-13(8-4-2-5-9-13)14(12(15)16)10-6-3-7-11-14/h2-11H2,1H3,(H,15,16). The molecule has 0 aliphatic heterocycles. The van der Waals surface area contributed by atoms with Crippen molar-refractivity contribution in [3.8, 4) is 0 Å². The van der Waals surface area contributed by atoms with Gasteiger partial charge in [0.15, 0.2) is 0 Å². The van der Waals surface area contributed by atoms with E-state index in [-0.39, 0.29) is 5.41 Å². The molecule has 2 heteroatoms. The molecular formula is C14H24O2. The van der Waals surface area contributed by atoms with Crippen LogP contribution in [0.1, 0.15) is 71.1 Å². The summed E-state index contributed by atoms with van der Waals surface area (Å²) in [4.78, 5) is 11.8. The quantitative estimate of drug-likeness (QED) is 0.770. The van der Waals surface area contributed by atoms with Crippen LogP contribution in [0.4, 0.5) is 0 Å². The molecule has 0 atom stereocenters. The predicted octanol–water partition coefficient (Wildman–Crippen LogP) is 3.99. The van der Waals surface area contributed by atoms with E-state index in [9.17, 15) is 9.90 Å². The number of aliphatic carboxylic acids is 1. The molecule has 2 rings (SSSR count). The van der Waals surface area contributed by atoms with Crippen molar-refractivity contribution in [3.63, 3.8) is 0 Å². The zero-order chi connectivity index (χ0) is 11.6. The molecule has 92 valence electrons. The van der Waals surface area contributed by atoms with Crippen LogP contribution in [0.2, 0.25) is 0 Å². The Balaban J connectivity index is 2.26. The summed E-state index contributed by atoms with van der Waals surface area (Å²) in [6, 6.07) is 0. The molecule has 0 heterocycles. The van der Waals surface area contributed by atoms with Gasteiger partial charge in [-0.15, -0.1) is 0 Å². The van der Waals surface area contributed by atoms with Gasteiger partial charge >= 0.3 is 5.97 Å². The first-order chi connectivity index (χ1) is 7.61. The molecule has 0 radical (unpaired) electrons. The number of hydrogen-bond acceptors (Lipinski definition) is 1. The van der Waals surface area contributed by atoms with Crippen molar-refractivity contribution in [3.05, 3.63) is 0 Å². The predicted molar refractivity (Wildman–Crippen MR) is 64.3 cm³/mol. The van der Waals surface area contributed by atoms with E-state index in [4.69, 9.17) is 0 Å².